The molecule has 0 atom stereocenters. The molecule has 0 spiro atoms. The lowest BCUT2D eigenvalue weighted by Crippen LogP contribution is -2.56. The number of rotatable bonds is 7. The topological polar surface area (TPSA) is 61.4 Å². The van der Waals surface area contributed by atoms with Gasteiger partial charge in [-0.3, -0.25) is 14.5 Å². The SMILES string of the molecule is O=C(CCNC(=O)c1ccc(Br)cc1)NCC1(N2CCSCC2)CCCC1. The summed E-state index contributed by atoms with van der Waals surface area (Å²) < 4.78 is 0.937. The van der Waals surface area contributed by atoms with Crippen LogP contribution in [0.1, 0.15) is 42.5 Å². The van der Waals surface area contributed by atoms with Gasteiger partial charge in [-0.2, -0.15) is 11.8 Å². The first-order valence-corrected chi connectivity index (χ1v) is 11.7. The Bertz CT molecular complexity index is 641. The molecule has 1 aromatic carbocycles. The van der Waals surface area contributed by atoms with Crippen molar-refractivity contribution in [2.75, 3.05) is 37.7 Å². The Balaban J connectivity index is 1.42. The molecule has 2 aliphatic rings. The molecule has 1 saturated heterocycles. The number of carbonyl (C=O) groups is 2. The number of nitrogens with one attached hydrogen (secondary N) is 2. The third-order valence-corrected chi connectivity index (χ3v) is 7.05. The molecule has 0 unspecified atom stereocenters. The molecule has 2 fully saturated rings. The zero-order chi connectivity index (χ0) is 19.1. The van der Waals surface area contributed by atoms with Crippen molar-refractivity contribution in [2.24, 2.45) is 0 Å². The first-order chi connectivity index (χ1) is 13.1. The van der Waals surface area contributed by atoms with Gasteiger partial charge < -0.3 is 10.6 Å². The maximum absolute atomic E-state index is 12.3. The Morgan fingerprint density at radius 2 is 1.74 bits per heavy atom. The van der Waals surface area contributed by atoms with E-state index in [1.165, 1.54) is 37.2 Å². The van der Waals surface area contributed by atoms with E-state index in [1.54, 1.807) is 12.1 Å². The van der Waals surface area contributed by atoms with E-state index in [4.69, 9.17) is 0 Å². The molecule has 0 bridgehead atoms. The molecular formula is C20H28BrN3O2S. The van der Waals surface area contributed by atoms with E-state index in [-0.39, 0.29) is 17.4 Å². The highest BCUT2D eigenvalue weighted by Gasteiger charge is 2.40. The molecule has 2 amide bonds. The zero-order valence-electron chi connectivity index (χ0n) is 15.6. The van der Waals surface area contributed by atoms with Gasteiger partial charge in [-0.05, 0) is 37.1 Å². The number of hydrogen-bond acceptors (Lipinski definition) is 4. The van der Waals surface area contributed by atoms with Gasteiger partial charge >= 0.3 is 0 Å². The molecule has 1 saturated carbocycles. The number of benzene rings is 1. The van der Waals surface area contributed by atoms with Crippen LogP contribution in [0.2, 0.25) is 0 Å². The summed E-state index contributed by atoms with van der Waals surface area (Å²) in [6.07, 6.45) is 5.18. The maximum atomic E-state index is 12.3. The van der Waals surface area contributed by atoms with Gasteiger partial charge in [0.15, 0.2) is 0 Å². The molecule has 2 N–H and O–H groups in total. The van der Waals surface area contributed by atoms with Crippen molar-refractivity contribution < 1.29 is 9.59 Å². The van der Waals surface area contributed by atoms with Crippen LogP contribution in [-0.2, 0) is 4.79 Å². The van der Waals surface area contributed by atoms with E-state index in [0.717, 1.165) is 24.1 Å². The second kappa shape index (κ2) is 9.94. The van der Waals surface area contributed by atoms with E-state index in [0.29, 0.717) is 18.5 Å². The van der Waals surface area contributed by atoms with Gasteiger partial charge in [0.2, 0.25) is 5.91 Å². The zero-order valence-corrected chi connectivity index (χ0v) is 18.0. The standard InChI is InChI=1S/C20H28BrN3O2S/c21-17-5-3-16(4-6-17)19(26)22-10-7-18(25)23-15-20(8-1-2-9-20)24-11-13-27-14-12-24/h3-6H,1-2,7-15H2,(H,22,26)(H,23,25). The van der Waals surface area contributed by atoms with Gasteiger partial charge in [-0.15, -0.1) is 0 Å². The number of carbonyl (C=O) groups excluding carboxylic acids is 2. The van der Waals surface area contributed by atoms with Crippen LogP contribution in [0.15, 0.2) is 28.7 Å². The van der Waals surface area contributed by atoms with Gasteiger partial charge in [-0.25, -0.2) is 0 Å². The lowest BCUT2D eigenvalue weighted by molar-refractivity contribution is -0.121. The molecule has 1 aliphatic carbocycles. The van der Waals surface area contributed by atoms with E-state index >= 15 is 0 Å². The van der Waals surface area contributed by atoms with Crippen molar-refractivity contribution >= 4 is 39.5 Å². The fraction of sp³-hybridized carbons (Fsp3) is 0.600. The fourth-order valence-corrected chi connectivity index (χ4v) is 5.19. The lowest BCUT2D eigenvalue weighted by atomic mass is 9.94. The fourth-order valence-electron chi connectivity index (χ4n) is 4.02. The third kappa shape index (κ3) is 5.72. The van der Waals surface area contributed by atoms with Crippen LogP contribution in [0.25, 0.3) is 0 Å². The highest BCUT2D eigenvalue weighted by atomic mass is 79.9. The van der Waals surface area contributed by atoms with Crippen molar-refractivity contribution in [3.63, 3.8) is 0 Å². The smallest absolute Gasteiger partial charge is 0.251 e. The second-order valence-corrected chi connectivity index (χ2v) is 9.46. The summed E-state index contributed by atoms with van der Waals surface area (Å²) in [5.74, 6) is 2.26. The molecule has 0 radical (unpaired) electrons. The molecule has 1 aromatic rings. The number of hydrogen-bond donors (Lipinski definition) is 2. The maximum Gasteiger partial charge on any atom is 0.251 e. The average molecular weight is 454 g/mol. The summed E-state index contributed by atoms with van der Waals surface area (Å²) in [7, 11) is 0. The first kappa shape index (κ1) is 20.7. The summed E-state index contributed by atoms with van der Waals surface area (Å²) in [4.78, 5) is 27.0. The minimum atomic E-state index is -0.145. The molecule has 7 heteroatoms. The number of nitrogens with zero attached hydrogens (tertiary/aromatic N) is 1. The summed E-state index contributed by atoms with van der Waals surface area (Å²) in [6, 6.07) is 7.20. The van der Waals surface area contributed by atoms with E-state index < -0.39 is 0 Å². The Kier molecular flexibility index (Phi) is 7.61. The second-order valence-electron chi connectivity index (χ2n) is 7.32. The van der Waals surface area contributed by atoms with E-state index in [9.17, 15) is 9.59 Å². The van der Waals surface area contributed by atoms with E-state index in [2.05, 4.69) is 31.5 Å². The highest BCUT2D eigenvalue weighted by Crippen LogP contribution is 2.36. The normalized spacial score (nSPS) is 19.6. The van der Waals surface area contributed by atoms with Crippen LogP contribution >= 0.6 is 27.7 Å². The van der Waals surface area contributed by atoms with Gasteiger partial charge in [0.1, 0.15) is 0 Å². The van der Waals surface area contributed by atoms with Crippen molar-refractivity contribution in [3.05, 3.63) is 34.3 Å². The van der Waals surface area contributed by atoms with Gasteiger partial charge in [-0.1, -0.05) is 28.8 Å². The van der Waals surface area contributed by atoms with E-state index in [1.807, 2.05) is 23.9 Å². The van der Waals surface area contributed by atoms with Crippen LogP contribution < -0.4 is 10.6 Å². The number of amides is 2. The molecule has 1 heterocycles. The Labute approximate surface area is 174 Å². The van der Waals surface area contributed by atoms with Crippen LogP contribution in [0.3, 0.4) is 0 Å². The summed E-state index contributed by atoms with van der Waals surface area (Å²) in [5.41, 5.74) is 0.753. The Hall–Kier alpha value is -1.05. The van der Waals surface area contributed by atoms with Crippen LogP contribution in [0.5, 0.6) is 0 Å². The summed E-state index contributed by atoms with van der Waals surface area (Å²) in [6.45, 7) is 3.35. The predicted molar refractivity (Wildman–Crippen MR) is 114 cm³/mol. The predicted octanol–water partition coefficient (Wildman–Crippen LogP) is 3.05. The van der Waals surface area contributed by atoms with Crippen molar-refractivity contribution in [1.82, 2.24) is 15.5 Å². The molecule has 27 heavy (non-hydrogen) atoms. The third-order valence-electron chi connectivity index (χ3n) is 5.57. The number of halogens is 1. The minimum absolute atomic E-state index is 0.0174. The molecule has 1 aliphatic heterocycles. The molecular weight excluding hydrogens is 426 g/mol. The number of thioether (sulfide) groups is 1. The summed E-state index contributed by atoms with van der Waals surface area (Å²) in [5, 5.41) is 5.96. The van der Waals surface area contributed by atoms with Gasteiger partial charge in [0, 0.05) is 59.7 Å². The largest absolute Gasteiger partial charge is 0.354 e. The molecule has 148 valence electrons. The Morgan fingerprint density at radius 3 is 2.41 bits per heavy atom. The molecule has 0 aromatic heterocycles. The highest BCUT2D eigenvalue weighted by molar-refractivity contribution is 9.10. The van der Waals surface area contributed by atoms with Crippen LogP contribution in [-0.4, -0.2) is 59.9 Å². The van der Waals surface area contributed by atoms with Crippen molar-refractivity contribution in [1.29, 1.82) is 0 Å². The van der Waals surface area contributed by atoms with Crippen LogP contribution in [0.4, 0.5) is 0 Å². The van der Waals surface area contributed by atoms with Crippen molar-refractivity contribution in [2.45, 2.75) is 37.6 Å². The van der Waals surface area contributed by atoms with Gasteiger partial charge in [0.25, 0.3) is 5.91 Å². The van der Waals surface area contributed by atoms with Gasteiger partial charge in [0.05, 0.1) is 0 Å². The molecule has 3 rings (SSSR count). The first-order valence-electron chi connectivity index (χ1n) is 9.72. The summed E-state index contributed by atoms with van der Waals surface area (Å²) >= 11 is 5.38. The van der Waals surface area contributed by atoms with Crippen molar-refractivity contribution in [3.8, 4) is 0 Å². The average Bonchev–Trinajstić information content (AvgIpc) is 3.18. The molecule has 5 nitrogen and oxygen atoms in total. The quantitative estimate of drug-likeness (QED) is 0.665. The van der Waals surface area contributed by atoms with Crippen LogP contribution in [0, 0.1) is 0 Å². The minimum Gasteiger partial charge on any atom is -0.354 e. The monoisotopic (exact) mass is 453 g/mol. The Morgan fingerprint density at radius 1 is 1.07 bits per heavy atom. The lowest BCUT2D eigenvalue weighted by Gasteiger charge is -2.43.